The molecule has 0 aliphatic rings. The fraction of sp³-hybridized carbons (Fsp3) is 0.238. The first kappa shape index (κ1) is 21.4. The van der Waals surface area contributed by atoms with Crippen LogP contribution in [0.1, 0.15) is 21.6 Å². The number of rotatable bonds is 8. The molecular formula is C21H20F3N3O3. The van der Waals surface area contributed by atoms with Crippen molar-refractivity contribution in [1.29, 1.82) is 0 Å². The number of benzene rings is 2. The molecule has 158 valence electrons. The standard InChI is InChI=1S/C21H20F3N3O3/c1-29-12-13-30-18-5-3-2-4-17(18)20(28)25-14-15-6-8-16(9-7-15)27-11-10-19(26-27)21(22,23)24/h2-11H,12-14H2,1H3,(H,25,28). The lowest BCUT2D eigenvalue weighted by Gasteiger charge is -2.12. The Morgan fingerprint density at radius 2 is 1.80 bits per heavy atom. The number of hydrogen-bond acceptors (Lipinski definition) is 4. The van der Waals surface area contributed by atoms with E-state index in [1.54, 1.807) is 55.6 Å². The monoisotopic (exact) mass is 419 g/mol. The predicted molar refractivity (Wildman–Crippen MR) is 104 cm³/mol. The van der Waals surface area contributed by atoms with Gasteiger partial charge in [-0.1, -0.05) is 24.3 Å². The summed E-state index contributed by atoms with van der Waals surface area (Å²) in [4.78, 5) is 12.5. The van der Waals surface area contributed by atoms with Gasteiger partial charge in [0, 0.05) is 19.9 Å². The number of nitrogens with one attached hydrogen (secondary N) is 1. The molecule has 1 heterocycles. The van der Waals surface area contributed by atoms with E-state index in [1.807, 2.05) is 0 Å². The molecule has 0 aliphatic carbocycles. The minimum absolute atomic E-state index is 0.248. The van der Waals surface area contributed by atoms with Gasteiger partial charge < -0.3 is 14.8 Å². The first-order valence-electron chi connectivity index (χ1n) is 9.09. The third kappa shape index (κ3) is 5.38. The normalized spacial score (nSPS) is 11.3. The van der Waals surface area contributed by atoms with Crippen LogP contribution >= 0.6 is 0 Å². The Hall–Kier alpha value is -3.33. The largest absolute Gasteiger partial charge is 0.490 e. The van der Waals surface area contributed by atoms with E-state index in [0.717, 1.165) is 16.3 Å². The van der Waals surface area contributed by atoms with Crippen molar-refractivity contribution >= 4 is 5.91 Å². The molecule has 0 saturated carbocycles. The Labute approximate surface area is 171 Å². The Morgan fingerprint density at radius 1 is 1.07 bits per heavy atom. The number of alkyl halides is 3. The summed E-state index contributed by atoms with van der Waals surface area (Å²) in [5.74, 6) is 0.163. The molecule has 0 fully saturated rings. The predicted octanol–water partition coefficient (Wildman–Crippen LogP) is 3.85. The van der Waals surface area contributed by atoms with Crippen molar-refractivity contribution in [3.8, 4) is 11.4 Å². The fourth-order valence-corrected chi connectivity index (χ4v) is 2.68. The van der Waals surface area contributed by atoms with Crippen molar-refractivity contribution in [3.05, 3.63) is 77.6 Å². The summed E-state index contributed by atoms with van der Waals surface area (Å²) in [7, 11) is 1.56. The first-order valence-corrected chi connectivity index (χ1v) is 9.09. The third-order valence-electron chi connectivity index (χ3n) is 4.21. The van der Waals surface area contributed by atoms with Gasteiger partial charge in [-0.2, -0.15) is 18.3 Å². The lowest BCUT2D eigenvalue weighted by atomic mass is 10.1. The summed E-state index contributed by atoms with van der Waals surface area (Å²) in [6.07, 6.45) is -3.24. The summed E-state index contributed by atoms with van der Waals surface area (Å²) in [6.45, 7) is 0.979. The molecule has 0 atom stereocenters. The van der Waals surface area contributed by atoms with Crippen molar-refractivity contribution in [3.63, 3.8) is 0 Å². The van der Waals surface area contributed by atoms with Crippen LogP contribution in [-0.2, 0) is 17.5 Å². The highest BCUT2D eigenvalue weighted by molar-refractivity contribution is 5.96. The Kier molecular flexibility index (Phi) is 6.73. The van der Waals surface area contributed by atoms with Gasteiger partial charge in [-0.25, -0.2) is 4.68 Å². The number of para-hydroxylation sites is 1. The molecule has 6 nitrogen and oxygen atoms in total. The molecule has 1 aromatic heterocycles. The summed E-state index contributed by atoms with van der Waals surface area (Å²) in [5, 5.41) is 6.34. The van der Waals surface area contributed by atoms with E-state index in [4.69, 9.17) is 9.47 Å². The highest BCUT2D eigenvalue weighted by atomic mass is 19.4. The minimum Gasteiger partial charge on any atom is -0.490 e. The summed E-state index contributed by atoms with van der Waals surface area (Å²) >= 11 is 0. The van der Waals surface area contributed by atoms with E-state index in [1.165, 1.54) is 6.20 Å². The van der Waals surface area contributed by atoms with Crippen LogP contribution in [0.3, 0.4) is 0 Å². The Morgan fingerprint density at radius 3 is 2.47 bits per heavy atom. The molecule has 3 aromatic rings. The van der Waals surface area contributed by atoms with Crippen LogP contribution in [-0.4, -0.2) is 36.0 Å². The van der Waals surface area contributed by atoms with Gasteiger partial charge in [-0.05, 0) is 35.9 Å². The minimum atomic E-state index is -4.49. The zero-order valence-electron chi connectivity index (χ0n) is 16.1. The SMILES string of the molecule is COCCOc1ccccc1C(=O)NCc1ccc(-n2ccc(C(F)(F)F)n2)cc1. The number of hydrogen-bond donors (Lipinski definition) is 1. The van der Waals surface area contributed by atoms with Crippen LogP contribution < -0.4 is 10.1 Å². The summed E-state index contributed by atoms with van der Waals surface area (Å²) in [5.41, 5.74) is 0.720. The zero-order chi connectivity index (χ0) is 21.6. The maximum atomic E-state index is 12.7. The van der Waals surface area contributed by atoms with Crippen molar-refractivity contribution in [2.45, 2.75) is 12.7 Å². The van der Waals surface area contributed by atoms with E-state index in [0.29, 0.717) is 30.2 Å². The van der Waals surface area contributed by atoms with Gasteiger partial charge in [0.15, 0.2) is 5.69 Å². The van der Waals surface area contributed by atoms with E-state index < -0.39 is 11.9 Å². The molecule has 9 heteroatoms. The summed E-state index contributed by atoms with van der Waals surface area (Å²) in [6, 6.07) is 14.5. The number of halogens is 3. The maximum absolute atomic E-state index is 12.7. The van der Waals surface area contributed by atoms with Crippen LogP contribution in [0.5, 0.6) is 5.75 Å². The van der Waals surface area contributed by atoms with Crippen LogP contribution in [0.25, 0.3) is 5.69 Å². The average molecular weight is 419 g/mol. The molecule has 0 spiro atoms. The number of amides is 1. The van der Waals surface area contributed by atoms with Gasteiger partial charge in [0.2, 0.25) is 0 Å². The molecule has 0 saturated heterocycles. The van der Waals surface area contributed by atoms with Crippen molar-refractivity contribution in [2.24, 2.45) is 0 Å². The zero-order valence-corrected chi connectivity index (χ0v) is 16.1. The molecular weight excluding hydrogens is 399 g/mol. The van der Waals surface area contributed by atoms with Crippen molar-refractivity contribution in [2.75, 3.05) is 20.3 Å². The smallest absolute Gasteiger partial charge is 0.435 e. The van der Waals surface area contributed by atoms with E-state index in [2.05, 4.69) is 10.4 Å². The molecule has 2 aromatic carbocycles. The molecule has 0 aliphatic heterocycles. The van der Waals surface area contributed by atoms with Gasteiger partial charge in [0.25, 0.3) is 5.91 Å². The molecule has 0 bridgehead atoms. The number of methoxy groups -OCH3 is 1. The molecule has 30 heavy (non-hydrogen) atoms. The summed E-state index contributed by atoms with van der Waals surface area (Å²) < 4.78 is 49.7. The van der Waals surface area contributed by atoms with Gasteiger partial charge >= 0.3 is 6.18 Å². The second kappa shape index (κ2) is 9.45. The number of carbonyl (C=O) groups excluding carboxylic acids is 1. The average Bonchev–Trinajstić information content (AvgIpc) is 3.24. The Balaban J connectivity index is 1.62. The second-order valence-electron chi connectivity index (χ2n) is 6.33. The number of nitrogens with zero attached hydrogens (tertiary/aromatic N) is 2. The van der Waals surface area contributed by atoms with E-state index in [9.17, 15) is 18.0 Å². The molecule has 1 N–H and O–H groups in total. The number of carbonyl (C=O) groups is 1. The number of ether oxygens (including phenoxy) is 2. The highest BCUT2D eigenvalue weighted by Crippen LogP contribution is 2.27. The maximum Gasteiger partial charge on any atom is 0.435 e. The lowest BCUT2D eigenvalue weighted by molar-refractivity contribution is -0.141. The van der Waals surface area contributed by atoms with E-state index in [-0.39, 0.29) is 12.5 Å². The molecule has 0 radical (unpaired) electrons. The lowest BCUT2D eigenvalue weighted by Crippen LogP contribution is -2.23. The topological polar surface area (TPSA) is 65.4 Å². The van der Waals surface area contributed by atoms with Gasteiger partial charge in [0.05, 0.1) is 17.9 Å². The molecule has 3 rings (SSSR count). The van der Waals surface area contributed by atoms with Gasteiger partial charge in [-0.15, -0.1) is 0 Å². The van der Waals surface area contributed by atoms with Crippen molar-refractivity contribution in [1.82, 2.24) is 15.1 Å². The Bertz CT molecular complexity index is 985. The highest BCUT2D eigenvalue weighted by Gasteiger charge is 2.33. The quantitative estimate of drug-likeness (QED) is 0.564. The van der Waals surface area contributed by atoms with Crippen LogP contribution in [0.4, 0.5) is 13.2 Å². The third-order valence-corrected chi connectivity index (χ3v) is 4.21. The van der Waals surface area contributed by atoms with Crippen molar-refractivity contribution < 1.29 is 27.4 Å². The van der Waals surface area contributed by atoms with Gasteiger partial charge in [0.1, 0.15) is 12.4 Å². The number of aromatic nitrogens is 2. The fourth-order valence-electron chi connectivity index (χ4n) is 2.68. The van der Waals surface area contributed by atoms with Crippen LogP contribution in [0.2, 0.25) is 0 Å². The molecule has 1 amide bonds. The van der Waals surface area contributed by atoms with Crippen LogP contribution in [0.15, 0.2) is 60.8 Å². The van der Waals surface area contributed by atoms with E-state index >= 15 is 0 Å². The van der Waals surface area contributed by atoms with Gasteiger partial charge in [-0.3, -0.25) is 4.79 Å². The first-order chi connectivity index (χ1) is 14.4. The van der Waals surface area contributed by atoms with Crippen LogP contribution in [0, 0.1) is 0 Å². The molecule has 0 unspecified atom stereocenters. The second-order valence-corrected chi connectivity index (χ2v) is 6.33.